The van der Waals surface area contributed by atoms with Crippen molar-refractivity contribution in [2.75, 3.05) is 0 Å². The van der Waals surface area contributed by atoms with Crippen molar-refractivity contribution in [1.29, 1.82) is 0 Å². The van der Waals surface area contributed by atoms with Crippen LogP contribution >= 0.6 is 0 Å². The van der Waals surface area contributed by atoms with Crippen LogP contribution in [0.15, 0.2) is 48.8 Å². The van der Waals surface area contributed by atoms with Crippen molar-refractivity contribution in [3.05, 3.63) is 71.0 Å². The van der Waals surface area contributed by atoms with Crippen molar-refractivity contribution in [3.63, 3.8) is 0 Å². The first-order valence-electron chi connectivity index (χ1n) is 9.50. The summed E-state index contributed by atoms with van der Waals surface area (Å²) in [6.07, 6.45) is -1.15. The molecule has 2 N–H and O–H groups in total. The van der Waals surface area contributed by atoms with Crippen LogP contribution in [0.25, 0.3) is 33.0 Å². The van der Waals surface area contributed by atoms with Gasteiger partial charge in [-0.2, -0.15) is 13.2 Å². The Morgan fingerprint density at radius 1 is 0.935 bits per heavy atom. The maximum Gasteiger partial charge on any atom is 0.416 e. The van der Waals surface area contributed by atoms with Gasteiger partial charge in [-0.25, -0.2) is 0 Å². The van der Waals surface area contributed by atoms with E-state index in [-0.39, 0.29) is 16.7 Å². The van der Waals surface area contributed by atoms with Crippen LogP contribution < -0.4 is 5.32 Å². The Bertz CT molecular complexity index is 1450. The molecular formula is C23H16F3N3O2. The molecule has 0 unspecified atom stereocenters. The van der Waals surface area contributed by atoms with E-state index in [0.29, 0.717) is 16.5 Å². The predicted molar refractivity (Wildman–Crippen MR) is 111 cm³/mol. The molecule has 0 aliphatic carbocycles. The van der Waals surface area contributed by atoms with Gasteiger partial charge in [0.25, 0.3) is 11.8 Å². The van der Waals surface area contributed by atoms with Crippen molar-refractivity contribution < 1.29 is 22.8 Å². The van der Waals surface area contributed by atoms with E-state index in [4.69, 9.17) is 0 Å². The van der Waals surface area contributed by atoms with Gasteiger partial charge in [0.2, 0.25) is 0 Å². The summed E-state index contributed by atoms with van der Waals surface area (Å²) in [5.74, 6) is -1.11. The lowest BCUT2D eigenvalue weighted by molar-refractivity contribution is -0.137. The van der Waals surface area contributed by atoms with Gasteiger partial charge in [-0.15, -0.1) is 0 Å². The number of carbonyl (C=O) groups is 2. The molecule has 0 atom stereocenters. The van der Waals surface area contributed by atoms with E-state index >= 15 is 0 Å². The van der Waals surface area contributed by atoms with E-state index in [1.165, 1.54) is 12.3 Å². The molecule has 5 nitrogen and oxygen atoms in total. The molecule has 0 radical (unpaired) electrons. The minimum atomic E-state index is -4.48. The van der Waals surface area contributed by atoms with Crippen LogP contribution in [-0.4, -0.2) is 21.4 Å². The topological polar surface area (TPSA) is 66.9 Å². The Balaban J connectivity index is 1.81. The number of hydrogen-bond donors (Lipinski definition) is 2. The molecule has 8 heteroatoms. The smallest absolute Gasteiger partial charge is 0.361 e. The summed E-state index contributed by atoms with van der Waals surface area (Å²) in [5, 5.41) is 3.70. The average molecular weight is 423 g/mol. The number of aryl methyl sites for hydroxylation is 2. The number of nitrogens with one attached hydrogen (secondary N) is 2. The fourth-order valence-corrected chi connectivity index (χ4v) is 4.26. The van der Waals surface area contributed by atoms with Crippen molar-refractivity contribution in [2.45, 2.75) is 13.1 Å². The number of hydrogen-bond acceptors (Lipinski definition) is 2. The molecule has 0 spiro atoms. The lowest BCUT2D eigenvalue weighted by Gasteiger charge is -2.10. The zero-order valence-corrected chi connectivity index (χ0v) is 16.5. The monoisotopic (exact) mass is 423 g/mol. The average Bonchev–Trinajstić information content (AvgIpc) is 3.35. The second-order valence-corrected chi connectivity index (χ2v) is 7.67. The summed E-state index contributed by atoms with van der Waals surface area (Å²) in [7, 11) is 1.85. The molecular weight excluding hydrogens is 407 g/mol. The van der Waals surface area contributed by atoms with Crippen LogP contribution in [0, 0.1) is 6.92 Å². The summed E-state index contributed by atoms with van der Waals surface area (Å²) in [6.45, 7) is 1.90. The number of fused-ring (bicyclic) bond motifs is 2. The summed E-state index contributed by atoms with van der Waals surface area (Å²) in [6, 6.07) is 9.03. The molecule has 156 valence electrons. The second-order valence-electron chi connectivity index (χ2n) is 7.67. The van der Waals surface area contributed by atoms with Crippen LogP contribution in [-0.2, 0) is 22.8 Å². The lowest BCUT2D eigenvalue weighted by atomic mass is 9.93. The van der Waals surface area contributed by atoms with Gasteiger partial charge in [-0.3, -0.25) is 14.9 Å². The Kier molecular flexibility index (Phi) is 3.92. The number of aromatic amines is 1. The van der Waals surface area contributed by atoms with Crippen LogP contribution in [0.5, 0.6) is 0 Å². The number of imide groups is 1. The van der Waals surface area contributed by atoms with Gasteiger partial charge in [0.15, 0.2) is 0 Å². The van der Waals surface area contributed by atoms with E-state index in [2.05, 4.69) is 10.3 Å². The Morgan fingerprint density at radius 2 is 1.65 bits per heavy atom. The lowest BCUT2D eigenvalue weighted by Crippen LogP contribution is -2.22. The van der Waals surface area contributed by atoms with Gasteiger partial charge in [0.1, 0.15) is 0 Å². The molecule has 5 rings (SSSR count). The zero-order chi connectivity index (χ0) is 22.1. The molecule has 4 aromatic rings. The van der Waals surface area contributed by atoms with Gasteiger partial charge in [0, 0.05) is 46.9 Å². The van der Waals surface area contributed by atoms with Crippen LogP contribution in [0.1, 0.15) is 22.3 Å². The third kappa shape index (κ3) is 2.86. The summed E-state index contributed by atoms with van der Waals surface area (Å²) in [4.78, 5) is 28.4. The maximum atomic E-state index is 13.1. The van der Waals surface area contributed by atoms with E-state index in [9.17, 15) is 22.8 Å². The van der Waals surface area contributed by atoms with Gasteiger partial charge in [0.05, 0.1) is 22.2 Å². The SMILES string of the molecule is Cc1cc(C2=C(c3c[nH]c4cc(C(F)(F)F)ccc34)C(=O)NC2=O)c2c(ccn2C)c1. The van der Waals surface area contributed by atoms with Gasteiger partial charge < -0.3 is 9.55 Å². The fourth-order valence-electron chi connectivity index (χ4n) is 4.26. The number of alkyl halides is 3. The molecule has 1 aliphatic rings. The van der Waals surface area contributed by atoms with Gasteiger partial charge >= 0.3 is 6.18 Å². The highest BCUT2D eigenvalue weighted by atomic mass is 19.4. The Hall–Kier alpha value is -3.81. The first-order chi connectivity index (χ1) is 14.6. The number of amides is 2. The van der Waals surface area contributed by atoms with Crippen molar-refractivity contribution in [2.24, 2.45) is 7.05 Å². The van der Waals surface area contributed by atoms with Crippen molar-refractivity contribution in [3.8, 4) is 0 Å². The number of aromatic nitrogens is 2. The fraction of sp³-hybridized carbons (Fsp3) is 0.130. The number of carbonyl (C=O) groups excluding carboxylic acids is 2. The van der Waals surface area contributed by atoms with Crippen LogP contribution in [0.4, 0.5) is 13.2 Å². The number of benzene rings is 2. The molecule has 0 saturated carbocycles. The highest BCUT2D eigenvalue weighted by Crippen LogP contribution is 2.39. The number of H-pyrrole nitrogens is 1. The highest BCUT2D eigenvalue weighted by molar-refractivity contribution is 6.50. The molecule has 0 fully saturated rings. The van der Waals surface area contributed by atoms with Gasteiger partial charge in [-0.1, -0.05) is 6.07 Å². The molecule has 31 heavy (non-hydrogen) atoms. The minimum Gasteiger partial charge on any atom is -0.361 e. The summed E-state index contributed by atoms with van der Waals surface area (Å²) < 4.78 is 41.1. The highest BCUT2D eigenvalue weighted by Gasteiger charge is 2.35. The van der Waals surface area contributed by atoms with Crippen LogP contribution in [0.3, 0.4) is 0 Å². The van der Waals surface area contributed by atoms with Crippen LogP contribution in [0.2, 0.25) is 0 Å². The standard InChI is InChI=1S/C23H16F3N3O2/c1-11-7-12-5-6-29(2)20(12)15(8-11)18-19(22(31)28-21(18)30)16-10-27-17-9-13(23(24,25)26)3-4-14(16)17/h3-10,27H,1-2H3,(H,28,30,31). The minimum absolute atomic E-state index is 0.143. The second kappa shape index (κ2) is 6.34. The van der Waals surface area contributed by atoms with Gasteiger partial charge in [-0.05, 0) is 42.8 Å². The molecule has 2 aromatic carbocycles. The number of halogens is 3. The third-order valence-corrected chi connectivity index (χ3v) is 5.59. The quantitative estimate of drug-likeness (QED) is 0.465. The molecule has 3 heterocycles. The van der Waals surface area contributed by atoms with E-state index in [0.717, 1.165) is 28.6 Å². The normalized spacial score (nSPS) is 14.9. The first-order valence-corrected chi connectivity index (χ1v) is 9.50. The number of rotatable bonds is 2. The summed E-state index contributed by atoms with van der Waals surface area (Å²) >= 11 is 0. The molecule has 1 aliphatic heterocycles. The van der Waals surface area contributed by atoms with E-state index in [1.807, 2.05) is 42.9 Å². The third-order valence-electron chi connectivity index (χ3n) is 5.59. The summed E-state index contributed by atoms with van der Waals surface area (Å²) in [5.41, 5.74) is 2.48. The molecule has 0 saturated heterocycles. The predicted octanol–water partition coefficient (Wildman–Crippen LogP) is 4.55. The molecule has 2 amide bonds. The first kappa shape index (κ1) is 19.2. The zero-order valence-electron chi connectivity index (χ0n) is 16.5. The largest absolute Gasteiger partial charge is 0.416 e. The Labute approximate surface area is 174 Å². The molecule has 0 bridgehead atoms. The van der Waals surface area contributed by atoms with Crippen molar-refractivity contribution in [1.82, 2.24) is 14.9 Å². The number of nitrogens with zero attached hydrogens (tertiary/aromatic N) is 1. The Morgan fingerprint density at radius 3 is 2.35 bits per heavy atom. The van der Waals surface area contributed by atoms with E-state index in [1.54, 1.807) is 0 Å². The molecule has 2 aromatic heterocycles. The van der Waals surface area contributed by atoms with E-state index < -0.39 is 23.6 Å². The maximum absolute atomic E-state index is 13.1. The van der Waals surface area contributed by atoms with Crippen molar-refractivity contribution >= 4 is 44.8 Å².